The van der Waals surface area contributed by atoms with E-state index in [4.69, 9.17) is 11.5 Å². The fourth-order valence-corrected chi connectivity index (χ4v) is 1.22. The predicted octanol–water partition coefficient (Wildman–Crippen LogP) is -0.223. The maximum Gasteiger partial charge on any atom is 0.234 e. The Bertz CT molecular complexity index is 159. The molecule has 4 nitrogen and oxygen atoms in total. The molecule has 0 aliphatic rings. The van der Waals surface area contributed by atoms with Crippen molar-refractivity contribution < 1.29 is 4.79 Å². The lowest BCUT2D eigenvalue weighted by atomic mass is 10.2. The molecule has 0 bridgehead atoms. The van der Waals surface area contributed by atoms with Crippen LogP contribution in [0.25, 0.3) is 0 Å². The zero-order valence-electron chi connectivity index (χ0n) is 8.79. The monoisotopic (exact) mass is 187 g/mol. The number of primary amides is 1. The Labute approximate surface area is 80.3 Å². The van der Waals surface area contributed by atoms with Gasteiger partial charge in [-0.15, -0.1) is 0 Å². The summed E-state index contributed by atoms with van der Waals surface area (Å²) in [6.07, 6.45) is 0.637. The maximum atomic E-state index is 10.6. The molecule has 0 heterocycles. The summed E-state index contributed by atoms with van der Waals surface area (Å²) in [5.41, 5.74) is 10.5. The Morgan fingerprint density at radius 3 is 2.38 bits per heavy atom. The lowest BCUT2D eigenvalue weighted by molar-refractivity contribution is -0.119. The van der Waals surface area contributed by atoms with Gasteiger partial charge in [0.05, 0.1) is 6.04 Å². The van der Waals surface area contributed by atoms with Crippen LogP contribution >= 0.6 is 0 Å². The first kappa shape index (κ1) is 12.4. The maximum absolute atomic E-state index is 10.6. The smallest absolute Gasteiger partial charge is 0.234 e. The molecule has 1 atom stereocenters. The third-order valence-corrected chi connectivity index (χ3v) is 1.86. The minimum atomic E-state index is -0.505. The van der Waals surface area contributed by atoms with Crippen molar-refractivity contribution in [1.82, 2.24) is 4.90 Å². The summed E-state index contributed by atoms with van der Waals surface area (Å²) in [7, 11) is 2.02. The average Bonchev–Trinajstić information content (AvgIpc) is 1.98. The summed E-state index contributed by atoms with van der Waals surface area (Å²) in [5, 5.41) is 0. The first-order chi connectivity index (χ1) is 5.93. The topological polar surface area (TPSA) is 72.3 Å². The van der Waals surface area contributed by atoms with Crippen LogP contribution in [0.4, 0.5) is 0 Å². The molecule has 0 rings (SSSR count). The van der Waals surface area contributed by atoms with Gasteiger partial charge in [-0.1, -0.05) is 13.8 Å². The Morgan fingerprint density at radius 1 is 1.46 bits per heavy atom. The summed E-state index contributed by atoms with van der Waals surface area (Å²) in [6, 6.07) is -0.505. The molecule has 0 spiro atoms. The summed E-state index contributed by atoms with van der Waals surface area (Å²) < 4.78 is 0. The number of hydrogen-bond acceptors (Lipinski definition) is 3. The van der Waals surface area contributed by atoms with Crippen molar-refractivity contribution in [2.24, 2.45) is 17.4 Å². The standard InChI is InChI=1S/C9H21N3O/c1-7(2)6-12(3)5-4-8(10)9(11)13/h7-8H,4-6,10H2,1-3H3,(H2,11,13). The van der Waals surface area contributed by atoms with E-state index in [1.54, 1.807) is 0 Å². The molecule has 0 saturated heterocycles. The van der Waals surface area contributed by atoms with Crippen molar-refractivity contribution in [3.63, 3.8) is 0 Å². The van der Waals surface area contributed by atoms with E-state index in [0.29, 0.717) is 12.3 Å². The number of nitrogens with two attached hydrogens (primary N) is 2. The van der Waals surface area contributed by atoms with Gasteiger partial charge in [-0.05, 0) is 25.9 Å². The SMILES string of the molecule is CC(C)CN(C)CCC(N)C(N)=O. The number of nitrogens with zero attached hydrogens (tertiary/aromatic N) is 1. The summed E-state index contributed by atoms with van der Waals surface area (Å²) in [4.78, 5) is 12.8. The second-order valence-corrected chi connectivity index (χ2v) is 3.95. The van der Waals surface area contributed by atoms with E-state index in [-0.39, 0.29) is 0 Å². The fraction of sp³-hybridized carbons (Fsp3) is 0.889. The molecule has 13 heavy (non-hydrogen) atoms. The van der Waals surface area contributed by atoms with Gasteiger partial charge in [0, 0.05) is 6.54 Å². The lowest BCUT2D eigenvalue weighted by Crippen LogP contribution is -2.39. The summed E-state index contributed by atoms with van der Waals surface area (Å²) in [5.74, 6) is 0.216. The van der Waals surface area contributed by atoms with E-state index < -0.39 is 11.9 Å². The molecule has 0 aliphatic carbocycles. The zero-order chi connectivity index (χ0) is 10.4. The Balaban J connectivity index is 3.57. The molecule has 1 amide bonds. The van der Waals surface area contributed by atoms with Crippen LogP contribution in [0.2, 0.25) is 0 Å². The van der Waals surface area contributed by atoms with Gasteiger partial charge in [-0.25, -0.2) is 0 Å². The van der Waals surface area contributed by atoms with Crippen molar-refractivity contribution in [3.8, 4) is 0 Å². The average molecular weight is 187 g/mol. The molecule has 0 aromatic carbocycles. The highest BCUT2D eigenvalue weighted by molar-refractivity contribution is 5.79. The van der Waals surface area contributed by atoms with Crippen LogP contribution in [0.1, 0.15) is 20.3 Å². The lowest BCUT2D eigenvalue weighted by Gasteiger charge is -2.19. The fourth-order valence-electron chi connectivity index (χ4n) is 1.22. The highest BCUT2D eigenvalue weighted by atomic mass is 16.1. The van der Waals surface area contributed by atoms with Crippen molar-refractivity contribution in [2.45, 2.75) is 26.3 Å². The molecule has 4 heteroatoms. The highest BCUT2D eigenvalue weighted by Gasteiger charge is 2.10. The van der Waals surface area contributed by atoms with Crippen LogP contribution in [-0.2, 0) is 4.79 Å². The van der Waals surface area contributed by atoms with Crippen LogP contribution in [0, 0.1) is 5.92 Å². The molecule has 0 saturated carbocycles. The minimum Gasteiger partial charge on any atom is -0.368 e. The number of amides is 1. The van der Waals surface area contributed by atoms with E-state index in [9.17, 15) is 4.79 Å². The van der Waals surface area contributed by atoms with Crippen molar-refractivity contribution in [1.29, 1.82) is 0 Å². The van der Waals surface area contributed by atoms with E-state index in [1.165, 1.54) is 0 Å². The van der Waals surface area contributed by atoms with Crippen LogP contribution in [0.15, 0.2) is 0 Å². The van der Waals surface area contributed by atoms with Crippen molar-refractivity contribution in [2.75, 3.05) is 20.1 Å². The normalized spacial score (nSPS) is 13.7. The van der Waals surface area contributed by atoms with Crippen LogP contribution in [0.3, 0.4) is 0 Å². The van der Waals surface area contributed by atoms with E-state index in [2.05, 4.69) is 18.7 Å². The molecule has 0 aliphatic heterocycles. The van der Waals surface area contributed by atoms with E-state index in [0.717, 1.165) is 13.1 Å². The van der Waals surface area contributed by atoms with E-state index in [1.807, 2.05) is 7.05 Å². The van der Waals surface area contributed by atoms with Gasteiger partial charge in [-0.3, -0.25) is 4.79 Å². The molecular formula is C9H21N3O. The summed E-state index contributed by atoms with van der Waals surface area (Å²) >= 11 is 0. The zero-order valence-corrected chi connectivity index (χ0v) is 8.79. The summed E-state index contributed by atoms with van der Waals surface area (Å²) in [6.45, 7) is 6.16. The van der Waals surface area contributed by atoms with Gasteiger partial charge < -0.3 is 16.4 Å². The first-order valence-corrected chi connectivity index (χ1v) is 4.67. The van der Waals surface area contributed by atoms with Crippen LogP contribution in [-0.4, -0.2) is 37.0 Å². The molecule has 1 unspecified atom stereocenters. The quantitative estimate of drug-likeness (QED) is 0.603. The second-order valence-electron chi connectivity index (χ2n) is 3.95. The molecule has 78 valence electrons. The van der Waals surface area contributed by atoms with E-state index >= 15 is 0 Å². The Morgan fingerprint density at radius 2 is 2.00 bits per heavy atom. The van der Waals surface area contributed by atoms with Gasteiger partial charge in [0.25, 0.3) is 0 Å². The van der Waals surface area contributed by atoms with Gasteiger partial charge in [0.15, 0.2) is 0 Å². The first-order valence-electron chi connectivity index (χ1n) is 4.67. The minimum absolute atomic E-state index is 0.419. The molecule has 0 aromatic heterocycles. The Kier molecular flexibility index (Phi) is 5.66. The largest absolute Gasteiger partial charge is 0.368 e. The van der Waals surface area contributed by atoms with Gasteiger partial charge in [0.2, 0.25) is 5.91 Å². The second kappa shape index (κ2) is 5.94. The van der Waals surface area contributed by atoms with Crippen LogP contribution < -0.4 is 11.5 Å². The molecule has 0 aromatic rings. The Hall–Kier alpha value is -0.610. The van der Waals surface area contributed by atoms with Crippen molar-refractivity contribution >= 4 is 5.91 Å². The molecule has 4 N–H and O–H groups in total. The number of carbonyl (C=O) groups is 1. The van der Waals surface area contributed by atoms with Crippen molar-refractivity contribution in [3.05, 3.63) is 0 Å². The third kappa shape index (κ3) is 6.54. The highest BCUT2D eigenvalue weighted by Crippen LogP contribution is 1.97. The van der Waals surface area contributed by atoms with Gasteiger partial charge in [0.1, 0.15) is 0 Å². The number of hydrogen-bond donors (Lipinski definition) is 2. The number of carbonyl (C=O) groups excluding carboxylic acids is 1. The molecule has 0 radical (unpaired) electrons. The van der Waals surface area contributed by atoms with Crippen LogP contribution in [0.5, 0.6) is 0 Å². The third-order valence-electron chi connectivity index (χ3n) is 1.86. The molecule has 0 fully saturated rings. The number of rotatable bonds is 6. The molecular weight excluding hydrogens is 166 g/mol. The predicted molar refractivity (Wildman–Crippen MR) is 54.1 cm³/mol. The van der Waals surface area contributed by atoms with Gasteiger partial charge in [-0.2, -0.15) is 0 Å². The van der Waals surface area contributed by atoms with Gasteiger partial charge >= 0.3 is 0 Å².